The molecular weight excluding hydrogens is 364 g/mol. The van der Waals surface area contributed by atoms with Gasteiger partial charge in [0.2, 0.25) is 0 Å². The largest absolute Gasteiger partial charge is 0.533 e. The minimum absolute atomic E-state index is 0.209. The highest BCUT2D eigenvalue weighted by Crippen LogP contribution is 2.38. The van der Waals surface area contributed by atoms with Crippen molar-refractivity contribution in [1.82, 2.24) is 0 Å². The third-order valence-corrected chi connectivity index (χ3v) is 9.91. The molecule has 0 heterocycles. The first-order valence-electron chi connectivity index (χ1n) is 9.27. The molecule has 0 spiro atoms. The van der Waals surface area contributed by atoms with Crippen LogP contribution >= 0.6 is 0 Å². The van der Waals surface area contributed by atoms with E-state index in [2.05, 4.69) is 45.0 Å². The monoisotopic (exact) mass is 388 g/mol. The molecule has 0 fully saturated rings. The minimum Gasteiger partial charge on any atom is -0.533 e. The summed E-state index contributed by atoms with van der Waals surface area (Å²) in [5.41, 5.74) is 0.842. The molecule has 0 aliphatic carbocycles. The van der Waals surface area contributed by atoms with Crippen LogP contribution in [0.25, 0.3) is 0 Å². The molecule has 3 aromatic rings. The molecule has 0 saturated carbocycles. The first-order chi connectivity index (χ1) is 13.4. The van der Waals surface area contributed by atoms with E-state index in [-0.39, 0.29) is 5.04 Å². The van der Waals surface area contributed by atoms with Crippen LogP contribution in [-0.2, 0) is 0 Å². The second-order valence-electron chi connectivity index (χ2n) is 7.80. The lowest BCUT2D eigenvalue weighted by Gasteiger charge is -2.43. The van der Waals surface area contributed by atoms with Crippen LogP contribution in [0, 0.1) is 0 Å². The molecule has 3 nitrogen and oxygen atoms in total. The molecule has 0 aliphatic heterocycles. The van der Waals surface area contributed by atoms with Crippen molar-refractivity contribution in [3.05, 3.63) is 90.0 Å². The van der Waals surface area contributed by atoms with Crippen molar-refractivity contribution in [3.63, 3.8) is 0 Å². The van der Waals surface area contributed by atoms with E-state index in [9.17, 15) is 9.59 Å². The SMILES string of the molecule is CC(C)(C)[Si](Oc1ccc(C=O)cc1C=O)(c1ccccc1)c1ccccc1. The summed E-state index contributed by atoms with van der Waals surface area (Å²) in [7, 11) is -2.81. The predicted molar refractivity (Wildman–Crippen MR) is 115 cm³/mol. The summed E-state index contributed by atoms with van der Waals surface area (Å²) in [6.07, 6.45) is 1.49. The molecule has 0 aromatic heterocycles. The second-order valence-corrected chi connectivity index (χ2v) is 12.0. The van der Waals surface area contributed by atoms with Gasteiger partial charge in [-0.3, -0.25) is 9.59 Å². The predicted octanol–water partition coefficient (Wildman–Crippen LogP) is 4.25. The fourth-order valence-electron chi connectivity index (χ4n) is 3.64. The van der Waals surface area contributed by atoms with Crippen LogP contribution in [0.15, 0.2) is 78.9 Å². The van der Waals surface area contributed by atoms with Crippen molar-refractivity contribution in [3.8, 4) is 5.75 Å². The van der Waals surface area contributed by atoms with E-state index >= 15 is 0 Å². The molecule has 0 N–H and O–H groups in total. The number of benzene rings is 3. The van der Waals surface area contributed by atoms with Crippen molar-refractivity contribution in [2.75, 3.05) is 0 Å². The van der Waals surface area contributed by atoms with Gasteiger partial charge in [0.05, 0.1) is 5.56 Å². The first kappa shape index (κ1) is 19.8. The average molecular weight is 389 g/mol. The molecule has 142 valence electrons. The highest BCUT2D eigenvalue weighted by molar-refractivity contribution is 7.00. The van der Waals surface area contributed by atoms with Crippen LogP contribution in [-0.4, -0.2) is 20.9 Å². The van der Waals surface area contributed by atoms with Gasteiger partial charge >= 0.3 is 8.32 Å². The molecule has 0 amide bonds. The van der Waals surface area contributed by atoms with Crippen molar-refractivity contribution >= 4 is 31.3 Å². The van der Waals surface area contributed by atoms with Crippen LogP contribution in [0.4, 0.5) is 0 Å². The Hall–Kier alpha value is -2.98. The highest BCUT2D eigenvalue weighted by atomic mass is 28.4. The number of hydrogen-bond acceptors (Lipinski definition) is 3. The number of carbonyl (C=O) groups is 2. The standard InChI is InChI=1S/C24H24O3Si/c1-24(2,3)28(21-10-6-4-7-11-21,22-12-8-5-9-13-22)27-23-15-14-19(17-25)16-20(23)18-26/h4-18H,1-3H3. The van der Waals surface area contributed by atoms with Gasteiger partial charge in [0, 0.05) is 5.56 Å². The Morgan fingerprint density at radius 2 is 1.29 bits per heavy atom. The van der Waals surface area contributed by atoms with Gasteiger partial charge in [-0.05, 0) is 33.6 Å². The van der Waals surface area contributed by atoms with Gasteiger partial charge in [-0.25, -0.2) is 0 Å². The summed E-state index contributed by atoms with van der Waals surface area (Å²) in [6.45, 7) is 6.54. The summed E-state index contributed by atoms with van der Waals surface area (Å²) in [5.74, 6) is 0.509. The topological polar surface area (TPSA) is 43.4 Å². The van der Waals surface area contributed by atoms with E-state index in [0.717, 1.165) is 22.9 Å². The van der Waals surface area contributed by atoms with Crippen LogP contribution in [0.3, 0.4) is 0 Å². The fourth-order valence-corrected chi connectivity index (χ4v) is 8.09. The quantitative estimate of drug-likeness (QED) is 0.468. The highest BCUT2D eigenvalue weighted by Gasteiger charge is 2.52. The third-order valence-electron chi connectivity index (χ3n) is 4.98. The summed E-state index contributed by atoms with van der Waals surface area (Å²) in [5, 5.41) is 2.05. The van der Waals surface area contributed by atoms with Crippen LogP contribution in [0.5, 0.6) is 5.75 Å². The molecule has 0 bridgehead atoms. The van der Waals surface area contributed by atoms with Crippen LogP contribution in [0.2, 0.25) is 5.04 Å². The van der Waals surface area contributed by atoms with Gasteiger partial charge in [-0.15, -0.1) is 0 Å². The normalized spacial score (nSPS) is 11.7. The Bertz CT molecular complexity index is 921. The van der Waals surface area contributed by atoms with Gasteiger partial charge < -0.3 is 4.43 Å². The zero-order valence-corrected chi connectivity index (χ0v) is 17.4. The van der Waals surface area contributed by atoms with Gasteiger partial charge in [0.25, 0.3) is 0 Å². The summed E-state index contributed by atoms with van der Waals surface area (Å²) in [6, 6.07) is 25.5. The van der Waals surface area contributed by atoms with E-state index in [0.29, 0.717) is 16.9 Å². The van der Waals surface area contributed by atoms with Gasteiger partial charge in [-0.2, -0.15) is 0 Å². The van der Waals surface area contributed by atoms with Gasteiger partial charge in [0.1, 0.15) is 12.0 Å². The van der Waals surface area contributed by atoms with Crippen LogP contribution in [0.1, 0.15) is 41.5 Å². The Balaban J connectivity index is 2.28. The zero-order chi connectivity index (χ0) is 20.2. The summed E-state index contributed by atoms with van der Waals surface area (Å²) < 4.78 is 6.85. The van der Waals surface area contributed by atoms with Crippen molar-refractivity contribution in [2.45, 2.75) is 25.8 Å². The maximum atomic E-state index is 11.7. The van der Waals surface area contributed by atoms with Crippen molar-refractivity contribution in [1.29, 1.82) is 0 Å². The zero-order valence-electron chi connectivity index (χ0n) is 16.4. The Kier molecular flexibility index (Phi) is 5.61. The molecule has 3 aromatic carbocycles. The molecule has 3 rings (SSSR count). The molecular formula is C24H24O3Si. The fraction of sp³-hybridized carbons (Fsp3) is 0.167. The lowest BCUT2D eigenvalue weighted by molar-refractivity contribution is 0.112. The molecule has 0 aliphatic rings. The van der Waals surface area contributed by atoms with Gasteiger partial charge in [-0.1, -0.05) is 81.4 Å². The first-order valence-corrected chi connectivity index (χ1v) is 11.2. The maximum absolute atomic E-state index is 11.7. The molecule has 28 heavy (non-hydrogen) atoms. The molecule has 0 unspecified atom stereocenters. The van der Waals surface area contributed by atoms with Crippen LogP contribution < -0.4 is 14.8 Å². The Morgan fingerprint density at radius 1 is 0.750 bits per heavy atom. The number of hydrogen-bond donors (Lipinski definition) is 0. The minimum atomic E-state index is -2.81. The number of aldehydes is 2. The Morgan fingerprint density at radius 3 is 1.71 bits per heavy atom. The lowest BCUT2D eigenvalue weighted by Crippen LogP contribution is -2.68. The van der Waals surface area contributed by atoms with E-state index in [1.807, 2.05) is 36.4 Å². The second kappa shape index (κ2) is 7.95. The third kappa shape index (κ3) is 3.56. The maximum Gasteiger partial charge on any atom is 0.319 e. The van der Waals surface area contributed by atoms with Gasteiger partial charge in [0.15, 0.2) is 6.29 Å². The summed E-state index contributed by atoms with van der Waals surface area (Å²) >= 11 is 0. The number of rotatable bonds is 6. The molecule has 0 saturated heterocycles. The molecule has 0 atom stereocenters. The van der Waals surface area contributed by atoms with E-state index in [1.165, 1.54) is 0 Å². The number of carbonyl (C=O) groups excluding carboxylic acids is 2. The van der Waals surface area contributed by atoms with E-state index < -0.39 is 8.32 Å². The molecule has 4 heteroatoms. The Labute approximate surface area is 167 Å². The average Bonchev–Trinajstić information content (AvgIpc) is 2.72. The van der Waals surface area contributed by atoms with E-state index in [4.69, 9.17) is 4.43 Å². The van der Waals surface area contributed by atoms with Crippen molar-refractivity contribution < 1.29 is 14.0 Å². The molecule has 0 radical (unpaired) electrons. The van der Waals surface area contributed by atoms with E-state index in [1.54, 1.807) is 18.2 Å². The van der Waals surface area contributed by atoms with Crippen molar-refractivity contribution in [2.24, 2.45) is 0 Å². The smallest absolute Gasteiger partial charge is 0.319 e. The summed E-state index contributed by atoms with van der Waals surface area (Å²) in [4.78, 5) is 22.8. The lowest BCUT2D eigenvalue weighted by atomic mass is 10.1.